The van der Waals surface area contributed by atoms with Gasteiger partial charge in [0.15, 0.2) is 10.2 Å². The highest BCUT2D eigenvalue weighted by atomic mass is 32.1. The number of phenols is 1. The lowest BCUT2D eigenvalue weighted by atomic mass is 10.0. The average molecular weight is 543 g/mol. The second-order valence-corrected chi connectivity index (χ2v) is 9.87. The third kappa shape index (κ3) is 4.92. The summed E-state index contributed by atoms with van der Waals surface area (Å²) in [4.78, 5) is 8.47. The van der Waals surface area contributed by atoms with Crippen LogP contribution in [0.4, 0.5) is 21.5 Å². The zero-order valence-corrected chi connectivity index (χ0v) is 22.5. The number of anilines is 3. The zero-order chi connectivity index (χ0) is 27.6. The molecule has 190 valence electrons. The first-order valence-electron chi connectivity index (χ1n) is 11.5. The number of rotatable bonds is 4. The molecule has 0 unspecified atom stereocenters. The van der Waals surface area contributed by atoms with Crippen molar-refractivity contribution in [2.24, 2.45) is 4.99 Å². The molecule has 1 aliphatic rings. The molecule has 1 aliphatic heterocycles. The van der Waals surface area contributed by atoms with E-state index in [0.717, 1.165) is 11.3 Å². The fourth-order valence-corrected chi connectivity index (χ4v) is 5.04. The summed E-state index contributed by atoms with van der Waals surface area (Å²) in [7, 11) is 0. The Balaban J connectivity index is 1.80. The molecular weight excluding hydrogens is 519 g/mol. The molecule has 1 saturated heterocycles. The van der Waals surface area contributed by atoms with Crippen LogP contribution < -0.4 is 15.1 Å². The topological polar surface area (TPSA) is 98.7 Å². The number of aryl methyl sites for hydroxylation is 1. The molecule has 0 saturated carbocycles. The molecule has 3 aromatic rings. The van der Waals surface area contributed by atoms with Gasteiger partial charge in [0.05, 0.1) is 23.3 Å². The Morgan fingerprint density at radius 3 is 2.26 bits per heavy atom. The van der Waals surface area contributed by atoms with E-state index in [9.17, 15) is 20.0 Å². The molecule has 2 N–H and O–H groups in total. The highest BCUT2D eigenvalue weighted by Crippen LogP contribution is 2.38. The van der Waals surface area contributed by atoms with E-state index in [1.165, 1.54) is 12.1 Å². The molecule has 1 heterocycles. The number of nitrogens with zero attached hydrogens (tertiary/aromatic N) is 5. The molecule has 0 bridgehead atoms. The normalized spacial score (nSPS) is 15.3. The quantitative estimate of drug-likeness (QED) is 0.382. The summed E-state index contributed by atoms with van der Waals surface area (Å²) >= 11 is 11.5. The van der Waals surface area contributed by atoms with Crippen molar-refractivity contribution in [2.75, 3.05) is 15.1 Å². The van der Waals surface area contributed by atoms with Gasteiger partial charge in [-0.1, -0.05) is 0 Å². The van der Waals surface area contributed by atoms with Crippen LogP contribution in [0.15, 0.2) is 65.7 Å². The van der Waals surface area contributed by atoms with Crippen LogP contribution >= 0.6 is 24.4 Å². The highest BCUT2D eigenvalue weighted by molar-refractivity contribution is 7.81. The van der Waals surface area contributed by atoms with Crippen molar-refractivity contribution in [1.82, 2.24) is 0 Å². The minimum absolute atomic E-state index is 0.119. The fourth-order valence-electron chi connectivity index (χ4n) is 4.31. The molecule has 0 aromatic heterocycles. The van der Waals surface area contributed by atoms with E-state index in [1.807, 2.05) is 37.8 Å². The number of benzene rings is 3. The van der Waals surface area contributed by atoms with Gasteiger partial charge >= 0.3 is 0 Å². The maximum Gasteiger partial charge on any atom is 0.199 e. The predicted molar refractivity (Wildman–Crippen MR) is 155 cm³/mol. The Kier molecular flexibility index (Phi) is 7.40. The Labute approximate surface area is 231 Å². The summed E-state index contributed by atoms with van der Waals surface area (Å²) < 4.78 is 13.4. The molecule has 0 radical (unpaired) electrons. The number of thiocarbonyl (C=S) groups is 2. The number of halogens is 1. The number of amidine groups is 1. The van der Waals surface area contributed by atoms with E-state index in [4.69, 9.17) is 29.4 Å². The number of aliphatic imine (C=N–C) groups is 1. The molecular formula is C28H23FN6OS2. The van der Waals surface area contributed by atoms with Crippen molar-refractivity contribution < 1.29 is 9.50 Å². The number of phenolic OH excluding ortho intramolecular Hbond substituents is 1. The molecule has 38 heavy (non-hydrogen) atoms. The molecule has 0 aliphatic carbocycles. The number of aromatic hydroxyl groups is 1. The number of alkyl halides is 1. The van der Waals surface area contributed by atoms with Crippen LogP contribution in [0.3, 0.4) is 0 Å². The van der Waals surface area contributed by atoms with Crippen LogP contribution in [0.5, 0.6) is 5.75 Å². The number of nitriles is 2. The molecule has 0 spiro atoms. The molecule has 7 nitrogen and oxygen atoms in total. The zero-order valence-electron chi connectivity index (χ0n) is 20.9. The lowest BCUT2D eigenvalue weighted by molar-refractivity contribution is 0.475. The minimum atomic E-state index is -0.783. The van der Waals surface area contributed by atoms with Gasteiger partial charge < -0.3 is 15.3 Å². The van der Waals surface area contributed by atoms with E-state index in [-0.39, 0.29) is 22.0 Å². The van der Waals surface area contributed by atoms with Gasteiger partial charge in [-0.2, -0.15) is 10.5 Å². The summed E-state index contributed by atoms with van der Waals surface area (Å²) in [5, 5.41) is 32.0. The Hall–Kier alpha value is -4.38. The molecule has 0 amide bonds. The van der Waals surface area contributed by atoms with Gasteiger partial charge in [-0.25, -0.2) is 9.38 Å². The van der Waals surface area contributed by atoms with Gasteiger partial charge in [-0.05, 0) is 111 Å². The highest BCUT2D eigenvalue weighted by Gasteiger charge is 2.48. The van der Waals surface area contributed by atoms with Crippen LogP contribution in [0.1, 0.15) is 36.1 Å². The summed E-state index contributed by atoms with van der Waals surface area (Å²) in [6, 6.07) is 20.9. The monoisotopic (exact) mass is 542 g/mol. The SMILES string of the molecule is Cc1cc(N2C(=S)N(c3ccc(O)cc3)C(C)(C)C2=NC(=S)Nc2ccc(C#N)c(CF)c2)ccc1C#N. The van der Waals surface area contributed by atoms with Crippen LogP contribution in [0.25, 0.3) is 0 Å². The second kappa shape index (κ2) is 10.5. The van der Waals surface area contributed by atoms with Gasteiger partial charge in [0, 0.05) is 22.6 Å². The molecule has 0 atom stereocenters. The first-order valence-corrected chi connectivity index (χ1v) is 12.4. The Morgan fingerprint density at radius 2 is 1.66 bits per heavy atom. The second-order valence-electron chi connectivity index (χ2n) is 9.12. The Bertz CT molecular complexity index is 1550. The third-order valence-electron chi connectivity index (χ3n) is 6.23. The standard InChI is InChI=1S/C28H23FN6OS2/c1-17-12-23(7-5-18(17)15-30)34-25(28(2,3)35(27(34)38)22-8-10-24(36)11-9-22)33-26(37)32-21-6-4-19(16-31)20(13-21)14-29/h4-13,36H,14H2,1-3H3,(H,32,37). The van der Waals surface area contributed by atoms with Gasteiger partial charge in [-0.3, -0.25) is 4.90 Å². The van der Waals surface area contributed by atoms with Crippen molar-refractivity contribution >= 4 is 57.6 Å². The van der Waals surface area contributed by atoms with Gasteiger partial charge in [-0.15, -0.1) is 0 Å². The third-order valence-corrected chi connectivity index (χ3v) is 6.78. The van der Waals surface area contributed by atoms with Crippen molar-refractivity contribution in [2.45, 2.75) is 33.0 Å². The fraction of sp³-hybridized carbons (Fsp3) is 0.179. The van der Waals surface area contributed by atoms with Crippen molar-refractivity contribution in [3.8, 4) is 17.9 Å². The maximum absolute atomic E-state index is 13.4. The van der Waals surface area contributed by atoms with E-state index < -0.39 is 12.2 Å². The van der Waals surface area contributed by atoms with Crippen molar-refractivity contribution in [3.63, 3.8) is 0 Å². The van der Waals surface area contributed by atoms with Crippen LogP contribution in [0.2, 0.25) is 0 Å². The van der Waals surface area contributed by atoms with E-state index in [2.05, 4.69) is 11.4 Å². The molecule has 1 fully saturated rings. The molecule has 3 aromatic carbocycles. The van der Waals surface area contributed by atoms with Crippen LogP contribution in [-0.4, -0.2) is 26.7 Å². The summed E-state index contributed by atoms with van der Waals surface area (Å²) in [6.45, 7) is 4.97. The lowest BCUT2D eigenvalue weighted by Crippen LogP contribution is -2.45. The van der Waals surface area contributed by atoms with Crippen LogP contribution in [0, 0.1) is 29.6 Å². The van der Waals surface area contributed by atoms with Crippen molar-refractivity contribution in [3.05, 3.63) is 82.9 Å². The van der Waals surface area contributed by atoms with E-state index in [1.54, 1.807) is 47.4 Å². The van der Waals surface area contributed by atoms with Gasteiger partial charge in [0.2, 0.25) is 0 Å². The summed E-state index contributed by atoms with van der Waals surface area (Å²) in [6.07, 6.45) is 0. The number of nitrogens with one attached hydrogen (secondary N) is 1. The molecule has 10 heteroatoms. The summed E-state index contributed by atoms with van der Waals surface area (Å²) in [5.41, 5.74) is 3.01. The smallest absolute Gasteiger partial charge is 0.199 e. The summed E-state index contributed by atoms with van der Waals surface area (Å²) in [5.74, 6) is 0.655. The van der Waals surface area contributed by atoms with E-state index >= 15 is 0 Å². The van der Waals surface area contributed by atoms with Gasteiger partial charge in [0.1, 0.15) is 23.8 Å². The average Bonchev–Trinajstić information content (AvgIpc) is 3.08. The minimum Gasteiger partial charge on any atom is -0.508 e. The molecule has 4 rings (SSSR count). The lowest BCUT2D eigenvalue weighted by Gasteiger charge is -2.31. The maximum atomic E-state index is 13.4. The van der Waals surface area contributed by atoms with Gasteiger partial charge in [0.25, 0.3) is 0 Å². The van der Waals surface area contributed by atoms with Crippen molar-refractivity contribution in [1.29, 1.82) is 10.5 Å². The predicted octanol–water partition coefficient (Wildman–Crippen LogP) is 6.10. The Morgan fingerprint density at radius 1 is 1.03 bits per heavy atom. The number of hydrogen-bond donors (Lipinski definition) is 2. The largest absolute Gasteiger partial charge is 0.508 e. The number of hydrogen-bond acceptors (Lipinski definition) is 5. The van der Waals surface area contributed by atoms with E-state index in [0.29, 0.717) is 27.9 Å². The first-order chi connectivity index (χ1) is 18.1. The first kappa shape index (κ1) is 26.7. The van der Waals surface area contributed by atoms with Crippen LogP contribution in [-0.2, 0) is 6.67 Å².